The number of nitrogens with one attached hydrogen (secondary N) is 1. The lowest BCUT2D eigenvalue weighted by molar-refractivity contribution is 0.0981. The van der Waals surface area contributed by atoms with E-state index in [1.54, 1.807) is 12.1 Å². The highest BCUT2D eigenvalue weighted by Crippen LogP contribution is 2.46. The summed E-state index contributed by atoms with van der Waals surface area (Å²) in [6.45, 7) is 2.16. The van der Waals surface area contributed by atoms with E-state index in [-0.39, 0.29) is 11.2 Å². The van der Waals surface area contributed by atoms with E-state index in [9.17, 15) is 14.1 Å². The Morgan fingerprint density at radius 1 is 1.18 bits per heavy atom. The van der Waals surface area contributed by atoms with Crippen LogP contribution in [0.1, 0.15) is 60.0 Å². The highest BCUT2D eigenvalue weighted by Gasteiger charge is 2.43. The van der Waals surface area contributed by atoms with E-state index in [1.807, 2.05) is 24.3 Å². The lowest BCUT2D eigenvalue weighted by Gasteiger charge is -2.45. The summed E-state index contributed by atoms with van der Waals surface area (Å²) in [5, 5.41) is 11.5. The number of nitrogens with zero attached hydrogens (tertiary/aromatic N) is 1. The molecular formula is C31H37ClN2O4S. The molecule has 5 atom stereocenters. The number of carbonyl (C=O) groups excluding carboxylic acids is 1. The monoisotopic (exact) mass is 568 g/mol. The Hall–Kier alpha value is -2.48. The van der Waals surface area contributed by atoms with Gasteiger partial charge >= 0.3 is 0 Å². The Morgan fingerprint density at radius 2 is 2.03 bits per heavy atom. The number of aryl methyl sites for hydroxylation is 1. The van der Waals surface area contributed by atoms with Crippen LogP contribution < -0.4 is 14.4 Å². The fourth-order valence-corrected chi connectivity index (χ4v) is 8.18. The molecule has 0 saturated heterocycles. The number of carbonyl (C=O) groups is 1. The first-order valence-electron chi connectivity index (χ1n) is 14.0. The van der Waals surface area contributed by atoms with Crippen LogP contribution in [0.2, 0.25) is 5.02 Å². The number of rotatable bonds is 0. The van der Waals surface area contributed by atoms with Crippen LogP contribution in [-0.2, 0) is 21.5 Å². The van der Waals surface area contributed by atoms with Crippen LogP contribution in [0.3, 0.4) is 0 Å². The summed E-state index contributed by atoms with van der Waals surface area (Å²) >= 11 is 6.38. The zero-order valence-corrected chi connectivity index (χ0v) is 23.8. The lowest BCUT2D eigenvalue weighted by atomic mass is 9.68. The van der Waals surface area contributed by atoms with Crippen molar-refractivity contribution >= 4 is 38.8 Å². The van der Waals surface area contributed by atoms with Crippen molar-refractivity contribution < 1.29 is 18.8 Å². The number of halogens is 1. The number of allylic oxidation sites excluding steroid dienone is 1. The average Bonchev–Trinajstić information content (AvgIpc) is 3.04. The summed E-state index contributed by atoms with van der Waals surface area (Å²) in [4.78, 5) is 15.6. The van der Waals surface area contributed by atoms with Gasteiger partial charge in [0.15, 0.2) is 0 Å². The molecule has 2 bridgehead atoms. The third kappa shape index (κ3) is 5.46. The van der Waals surface area contributed by atoms with E-state index in [0.717, 1.165) is 68.1 Å². The Balaban J connectivity index is 1.41. The van der Waals surface area contributed by atoms with Gasteiger partial charge in [0.05, 0.1) is 18.4 Å². The zero-order chi connectivity index (χ0) is 27.2. The summed E-state index contributed by atoms with van der Waals surface area (Å²) in [6, 6.07) is 11.8. The summed E-state index contributed by atoms with van der Waals surface area (Å²) < 4.78 is 22.2. The largest absolute Gasteiger partial charge is 0.490 e. The van der Waals surface area contributed by atoms with Crippen molar-refractivity contribution in [1.29, 1.82) is 0 Å². The van der Waals surface area contributed by atoms with Crippen LogP contribution in [0.4, 0.5) is 5.69 Å². The van der Waals surface area contributed by atoms with Crippen LogP contribution >= 0.6 is 11.6 Å². The fourth-order valence-electron chi connectivity index (χ4n) is 6.91. The third-order valence-corrected chi connectivity index (χ3v) is 10.8. The number of hydrogen-bond donors (Lipinski definition) is 2. The van der Waals surface area contributed by atoms with Gasteiger partial charge in [0.2, 0.25) is 0 Å². The van der Waals surface area contributed by atoms with E-state index in [2.05, 4.69) is 27.6 Å². The Labute approximate surface area is 236 Å². The lowest BCUT2D eigenvalue weighted by Crippen LogP contribution is -2.48. The minimum Gasteiger partial charge on any atom is -0.490 e. The second-order valence-corrected chi connectivity index (χ2v) is 14.5. The number of anilines is 1. The van der Waals surface area contributed by atoms with Crippen LogP contribution in [-0.4, -0.2) is 52.6 Å². The van der Waals surface area contributed by atoms with Gasteiger partial charge < -0.3 is 14.7 Å². The second kappa shape index (κ2) is 10.5. The molecule has 1 amide bonds. The first-order chi connectivity index (χ1) is 18.7. The predicted molar refractivity (Wildman–Crippen MR) is 158 cm³/mol. The van der Waals surface area contributed by atoms with E-state index in [1.165, 1.54) is 11.1 Å². The molecule has 2 aliphatic heterocycles. The number of amides is 1. The summed E-state index contributed by atoms with van der Waals surface area (Å²) in [5.41, 5.74) is 3.75. The maximum atomic E-state index is 13.2. The van der Waals surface area contributed by atoms with Gasteiger partial charge in [-0.05, 0) is 104 Å². The molecule has 2 N–H and O–H groups in total. The molecule has 2 heterocycles. The second-order valence-electron chi connectivity index (χ2n) is 11.9. The average molecular weight is 569 g/mol. The van der Waals surface area contributed by atoms with Gasteiger partial charge in [-0.15, -0.1) is 0 Å². The third-order valence-electron chi connectivity index (χ3n) is 9.12. The summed E-state index contributed by atoms with van der Waals surface area (Å²) in [6.07, 6.45) is 9.65. The highest BCUT2D eigenvalue weighted by atomic mass is 35.5. The van der Waals surface area contributed by atoms with Gasteiger partial charge in [-0.2, -0.15) is 0 Å². The van der Waals surface area contributed by atoms with E-state index in [0.29, 0.717) is 30.4 Å². The molecule has 208 valence electrons. The van der Waals surface area contributed by atoms with Crippen molar-refractivity contribution in [2.75, 3.05) is 30.3 Å². The van der Waals surface area contributed by atoms with Crippen LogP contribution in [0.25, 0.3) is 0 Å². The normalized spacial score (nSPS) is 33.5. The van der Waals surface area contributed by atoms with E-state index >= 15 is 0 Å². The molecule has 0 radical (unpaired) electrons. The van der Waals surface area contributed by atoms with Crippen LogP contribution in [0.15, 0.2) is 48.6 Å². The molecule has 2 aromatic rings. The van der Waals surface area contributed by atoms with Crippen molar-refractivity contribution in [1.82, 2.24) is 4.72 Å². The van der Waals surface area contributed by atoms with Crippen molar-refractivity contribution in [2.45, 2.75) is 56.5 Å². The fraction of sp³-hybridized carbons (Fsp3) is 0.484. The molecule has 2 aromatic carbocycles. The van der Waals surface area contributed by atoms with Crippen molar-refractivity contribution in [2.24, 2.45) is 11.8 Å². The molecule has 4 aliphatic rings. The van der Waals surface area contributed by atoms with Crippen LogP contribution in [0.5, 0.6) is 5.75 Å². The Bertz CT molecular complexity index is 1410. The van der Waals surface area contributed by atoms with Gasteiger partial charge in [0.1, 0.15) is 5.75 Å². The number of aliphatic hydroxyl groups is 1. The smallest absolute Gasteiger partial charge is 0.262 e. The van der Waals surface area contributed by atoms with Gasteiger partial charge in [-0.25, -0.2) is 4.21 Å². The molecule has 1 unspecified atom stereocenters. The number of ether oxygens (including phenoxy) is 1. The van der Waals surface area contributed by atoms with E-state index in [4.69, 9.17) is 16.3 Å². The quantitative estimate of drug-likeness (QED) is 0.349. The molecule has 6 nitrogen and oxygen atoms in total. The summed E-state index contributed by atoms with van der Waals surface area (Å²) in [7, 11) is -2.82. The highest BCUT2D eigenvalue weighted by molar-refractivity contribution is 7.99. The Morgan fingerprint density at radius 3 is 2.85 bits per heavy atom. The van der Waals surface area contributed by atoms with Crippen molar-refractivity contribution in [3.05, 3.63) is 70.3 Å². The minimum absolute atomic E-state index is 0.191. The topological polar surface area (TPSA) is 78.9 Å². The molecule has 8 heteroatoms. The minimum atomic E-state index is -2.82. The molecule has 6 rings (SSSR count). The maximum Gasteiger partial charge on any atom is 0.262 e. The molecule has 39 heavy (non-hydrogen) atoms. The standard InChI is InChI=1S/C31H37ClN2O4S/c1-39(37)14-3-2-6-26(35)16-21-7-8-24(21)18-34-19-31(13-4-5-22-15-25(32)10-11-27(22)31)20-38-29-12-9-23(17-28(29)34)30(36)33-39/h2,6,9-12,15,17,21,24,26,35H,1,3-5,7-8,13-14,16,18-20H2,(H,33,36,37)/b6-2-/t21-,24-,26-,31-,39?/m0/s1. The molecule has 1 saturated carbocycles. The molecule has 1 fully saturated rings. The van der Waals surface area contributed by atoms with Gasteiger partial charge in [0, 0.05) is 44.6 Å². The molecule has 2 aliphatic carbocycles. The Kier molecular flexibility index (Phi) is 7.19. The van der Waals surface area contributed by atoms with Crippen molar-refractivity contribution in [3.63, 3.8) is 0 Å². The van der Waals surface area contributed by atoms with Gasteiger partial charge in [-0.3, -0.25) is 9.52 Å². The first-order valence-corrected chi connectivity index (χ1v) is 16.3. The number of hydrogen-bond acceptors (Lipinski definition) is 5. The van der Waals surface area contributed by atoms with E-state index < -0.39 is 21.7 Å². The van der Waals surface area contributed by atoms with Gasteiger partial charge in [-0.1, -0.05) is 29.8 Å². The molecular weight excluding hydrogens is 532 g/mol. The predicted octanol–water partition coefficient (Wildman–Crippen LogP) is 4.91. The SMILES string of the molecule is C=S1(=O)CC/C=C\[C@H](O)C[C@@H]2CC[C@H]2CN2C[C@@]3(CCCc4cc(Cl)ccc43)COc3ccc(cc32)C(=O)N1. The zero-order valence-electron chi connectivity index (χ0n) is 22.2. The number of aliphatic hydroxyl groups excluding tert-OH is 1. The van der Waals surface area contributed by atoms with Gasteiger partial charge in [0.25, 0.3) is 5.91 Å². The number of fused-ring (bicyclic) bond motifs is 4. The summed E-state index contributed by atoms with van der Waals surface area (Å²) in [5.74, 6) is 5.26. The maximum absolute atomic E-state index is 13.2. The molecule has 0 aromatic heterocycles. The van der Waals surface area contributed by atoms with Crippen LogP contribution in [0, 0.1) is 11.8 Å². The molecule has 1 spiro atoms. The van der Waals surface area contributed by atoms with Crippen molar-refractivity contribution in [3.8, 4) is 5.75 Å². The number of benzene rings is 2. The first kappa shape index (κ1) is 26.7.